The number of halogens is 1. The van der Waals surface area contributed by atoms with Crippen LogP contribution in [-0.4, -0.2) is 4.98 Å². The van der Waals surface area contributed by atoms with Gasteiger partial charge in [-0.25, -0.2) is 4.98 Å². The van der Waals surface area contributed by atoms with E-state index in [4.69, 9.17) is 0 Å². The summed E-state index contributed by atoms with van der Waals surface area (Å²) in [5.41, 5.74) is 2.61. The van der Waals surface area contributed by atoms with Crippen molar-refractivity contribution in [1.29, 1.82) is 0 Å². The summed E-state index contributed by atoms with van der Waals surface area (Å²) >= 11 is 3.60. The predicted molar refractivity (Wildman–Crippen MR) is 85.8 cm³/mol. The highest BCUT2D eigenvalue weighted by atomic mass is 79.9. The fourth-order valence-corrected chi connectivity index (χ4v) is 3.25. The topological polar surface area (TPSA) is 12.9 Å². The highest BCUT2D eigenvalue weighted by molar-refractivity contribution is 9.10. The number of aromatic nitrogens is 1. The van der Waals surface area contributed by atoms with E-state index in [2.05, 4.69) is 72.0 Å². The molecule has 0 bridgehead atoms. The Kier molecular flexibility index (Phi) is 3.06. The zero-order valence-electron chi connectivity index (χ0n) is 11.4. The van der Waals surface area contributed by atoms with Crippen LogP contribution in [0.15, 0.2) is 41.1 Å². The van der Waals surface area contributed by atoms with Gasteiger partial charge in [0.05, 0.1) is 0 Å². The number of rotatable bonds is 1. The number of aryl methyl sites for hydroxylation is 1. The van der Waals surface area contributed by atoms with Crippen LogP contribution in [0.2, 0.25) is 0 Å². The third kappa shape index (κ3) is 1.95. The minimum Gasteiger partial charge on any atom is -0.248 e. The van der Waals surface area contributed by atoms with Gasteiger partial charge in [0, 0.05) is 11.6 Å². The standard InChI is InChI=1S/C17H16BrN/c1-10(2)12-5-4-6-15-14(12)8-7-13-11(3)9-19-17(18)16(13)15/h4-10H,1-3H3. The second-order valence-corrected chi connectivity index (χ2v) is 6.07. The van der Waals surface area contributed by atoms with Crippen LogP contribution in [0.1, 0.15) is 30.9 Å². The molecule has 3 rings (SSSR count). The summed E-state index contributed by atoms with van der Waals surface area (Å²) in [7, 11) is 0. The highest BCUT2D eigenvalue weighted by Gasteiger charge is 2.11. The van der Waals surface area contributed by atoms with Gasteiger partial charge in [0.2, 0.25) is 0 Å². The van der Waals surface area contributed by atoms with Gasteiger partial charge in [-0.1, -0.05) is 44.2 Å². The maximum Gasteiger partial charge on any atom is 0.114 e. The second-order valence-electron chi connectivity index (χ2n) is 5.32. The second kappa shape index (κ2) is 4.61. The third-order valence-electron chi connectivity index (χ3n) is 3.72. The summed E-state index contributed by atoms with van der Waals surface area (Å²) in [4.78, 5) is 4.45. The molecule has 19 heavy (non-hydrogen) atoms. The molecule has 2 aromatic carbocycles. The summed E-state index contributed by atoms with van der Waals surface area (Å²) in [5, 5.41) is 5.11. The molecule has 96 valence electrons. The van der Waals surface area contributed by atoms with E-state index in [1.165, 1.54) is 32.7 Å². The van der Waals surface area contributed by atoms with Crippen molar-refractivity contribution in [3.8, 4) is 0 Å². The molecule has 0 unspecified atom stereocenters. The van der Waals surface area contributed by atoms with Crippen molar-refractivity contribution in [2.45, 2.75) is 26.7 Å². The summed E-state index contributed by atoms with van der Waals surface area (Å²) in [5.74, 6) is 0.526. The average Bonchev–Trinajstić information content (AvgIpc) is 2.41. The van der Waals surface area contributed by atoms with Crippen LogP contribution in [0.5, 0.6) is 0 Å². The molecule has 2 heteroatoms. The molecule has 1 heterocycles. The van der Waals surface area contributed by atoms with E-state index < -0.39 is 0 Å². The van der Waals surface area contributed by atoms with Crippen LogP contribution in [0.3, 0.4) is 0 Å². The van der Waals surface area contributed by atoms with Crippen LogP contribution in [0, 0.1) is 6.92 Å². The maximum absolute atomic E-state index is 4.45. The molecule has 0 aliphatic rings. The monoisotopic (exact) mass is 313 g/mol. The molecule has 1 aromatic heterocycles. The highest BCUT2D eigenvalue weighted by Crippen LogP contribution is 2.35. The van der Waals surface area contributed by atoms with E-state index in [0.29, 0.717) is 5.92 Å². The van der Waals surface area contributed by atoms with Crippen LogP contribution in [-0.2, 0) is 0 Å². The Bertz CT molecular complexity index is 775. The van der Waals surface area contributed by atoms with Gasteiger partial charge >= 0.3 is 0 Å². The lowest BCUT2D eigenvalue weighted by Gasteiger charge is -2.13. The van der Waals surface area contributed by atoms with Gasteiger partial charge in [-0.05, 0) is 56.1 Å². The van der Waals surface area contributed by atoms with Crippen molar-refractivity contribution >= 4 is 37.5 Å². The Balaban J connectivity index is 2.54. The molecular formula is C17H16BrN. The van der Waals surface area contributed by atoms with Crippen LogP contribution >= 0.6 is 15.9 Å². The van der Waals surface area contributed by atoms with Gasteiger partial charge in [-0.3, -0.25) is 0 Å². The summed E-state index contributed by atoms with van der Waals surface area (Å²) in [6.45, 7) is 6.59. The first-order chi connectivity index (χ1) is 9.09. The van der Waals surface area contributed by atoms with E-state index in [-0.39, 0.29) is 0 Å². The van der Waals surface area contributed by atoms with Crippen molar-refractivity contribution in [3.05, 3.63) is 52.3 Å². The number of hydrogen-bond acceptors (Lipinski definition) is 1. The van der Waals surface area contributed by atoms with Crippen molar-refractivity contribution in [2.75, 3.05) is 0 Å². The number of fused-ring (bicyclic) bond motifs is 3. The van der Waals surface area contributed by atoms with Gasteiger partial charge in [0.15, 0.2) is 0 Å². The molecular weight excluding hydrogens is 298 g/mol. The number of pyridine rings is 1. The Morgan fingerprint density at radius 1 is 1.00 bits per heavy atom. The lowest BCUT2D eigenvalue weighted by molar-refractivity contribution is 0.876. The minimum atomic E-state index is 0.526. The Labute approximate surface area is 121 Å². The van der Waals surface area contributed by atoms with Gasteiger partial charge in [-0.2, -0.15) is 0 Å². The molecule has 0 spiro atoms. The number of benzene rings is 2. The van der Waals surface area contributed by atoms with Crippen molar-refractivity contribution in [3.63, 3.8) is 0 Å². The van der Waals surface area contributed by atoms with Crippen molar-refractivity contribution in [2.24, 2.45) is 0 Å². The van der Waals surface area contributed by atoms with Crippen molar-refractivity contribution < 1.29 is 0 Å². The molecule has 0 radical (unpaired) electrons. The largest absolute Gasteiger partial charge is 0.248 e. The molecule has 0 aliphatic heterocycles. The van der Waals surface area contributed by atoms with E-state index in [0.717, 1.165) is 4.60 Å². The molecule has 0 amide bonds. The van der Waals surface area contributed by atoms with Gasteiger partial charge in [0.25, 0.3) is 0 Å². The lowest BCUT2D eigenvalue weighted by atomic mass is 9.93. The van der Waals surface area contributed by atoms with E-state index in [1.54, 1.807) is 0 Å². The average molecular weight is 314 g/mol. The quantitative estimate of drug-likeness (QED) is 0.422. The van der Waals surface area contributed by atoms with E-state index in [1.807, 2.05) is 6.20 Å². The number of hydrogen-bond donors (Lipinski definition) is 0. The number of nitrogens with zero attached hydrogens (tertiary/aromatic N) is 1. The third-order valence-corrected chi connectivity index (χ3v) is 4.32. The molecule has 0 N–H and O–H groups in total. The molecule has 0 saturated carbocycles. The first kappa shape index (κ1) is 12.6. The Morgan fingerprint density at radius 3 is 2.47 bits per heavy atom. The Hall–Kier alpha value is -1.41. The Morgan fingerprint density at radius 2 is 1.74 bits per heavy atom. The molecule has 0 saturated heterocycles. The van der Waals surface area contributed by atoms with Crippen LogP contribution in [0.4, 0.5) is 0 Å². The van der Waals surface area contributed by atoms with E-state index >= 15 is 0 Å². The van der Waals surface area contributed by atoms with Crippen LogP contribution in [0.25, 0.3) is 21.5 Å². The minimum absolute atomic E-state index is 0.526. The normalized spacial score (nSPS) is 11.6. The zero-order valence-corrected chi connectivity index (χ0v) is 13.0. The predicted octanol–water partition coefficient (Wildman–Crippen LogP) is 5.58. The summed E-state index contributed by atoms with van der Waals surface area (Å²) in [6.07, 6.45) is 1.92. The van der Waals surface area contributed by atoms with Gasteiger partial charge in [0.1, 0.15) is 4.60 Å². The zero-order chi connectivity index (χ0) is 13.6. The van der Waals surface area contributed by atoms with E-state index in [9.17, 15) is 0 Å². The molecule has 1 nitrogen and oxygen atoms in total. The molecule has 3 aromatic rings. The van der Waals surface area contributed by atoms with Gasteiger partial charge in [-0.15, -0.1) is 0 Å². The summed E-state index contributed by atoms with van der Waals surface area (Å²) in [6, 6.07) is 11.0. The fraction of sp³-hybridized carbons (Fsp3) is 0.235. The molecule has 0 fully saturated rings. The first-order valence-corrected chi connectivity index (χ1v) is 7.35. The fourth-order valence-electron chi connectivity index (χ4n) is 2.72. The molecule has 0 aliphatic carbocycles. The van der Waals surface area contributed by atoms with Gasteiger partial charge < -0.3 is 0 Å². The summed E-state index contributed by atoms with van der Waals surface area (Å²) < 4.78 is 0.930. The SMILES string of the molecule is Cc1cnc(Br)c2c1ccc1c(C(C)C)cccc12. The van der Waals surface area contributed by atoms with Crippen molar-refractivity contribution in [1.82, 2.24) is 4.98 Å². The maximum atomic E-state index is 4.45. The lowest BCUT2D eigenvalue weighted by Crippen LogP contribution is -1.91. The van der Waals surface area contributed by atoms with Crippen LogP contribution < -0.4 is 0 Å². The first-order valence-electron chi connectivity index (χ1n) is 6.56. The smallest absolute Gasteiger partial charge is 0.114 e. The molecule has 0 atom stereocenters.